The van der Waals surface area contributed by atoms with Crippen molar-refractivity contribution in [3.63, 3.8) is 0 Å². The van der Waals surface area contributed by atoms with Crippen molar-refractivity contribution in [1.29, 1.82) is 0 Å². The molecule has 184 valence electrons. The molecule has 10 nitrogen and oxygen atoms in total. The largest absolute Gasteiger partial charge is 0.269 e. The Balaban J connectivity index is 1.62. The minimum atomic E-state index is -0.444. The quantitative estimate of drug-likeness (QED) is 0.248. The molecule has 38 heavy (non-hydrogen) atoms. The highest BCUT2D eigenvalue weighted by Gasteiger charge is 2.31. The van der Waals surface area contributed by atoms with E-state index in [2.05, 4.69) is 0 Å². The maximum atomic E-state index is 11.3. The molecule has 4 aromatic rings. The van der Waals surface area contributed by atoms with Crippen LogP contribution >= 0.6 is 0 Å². The summed E-state index contributed by atoms with van der Waals surface area (Å²) in [4.78, 5) is 21.6. The van der Waals surface area contributed by atoms with Gasteiger partial charge in [-0.25, -0.2) is 10.0 Å². The molecule has 0 amide bonds. The maximum absolute atomic E-state index is 11.3. The topological polar surface area (TPSA) is 117 Å². The summed E-state index contributed by atoms with van der Waals surface area (Å²) in [5.41, 5.74) is 6.17. The van der Waals surface area contributed by atoms with E-state index >= 15 is 0 Å². The van der Waals surface area contributed by atoms with Gasteiger partial charge in [-0.3, -0.25) is 20.2 Å². The zero-order chi connectivity index (χ0) is 26.2. The van der Waals surface area contributed by atoms with E-state index in [-0.39, 0.29) is 11.4 Å². The molecular formula is C28H18N6O4. The molecule has 0 spiro atoms. The molecule has 0 aromatic heterocycles. The molecule has 0 fully saturated rings. The second kappa shape index (κ2) is 9.10. The van der Waals surface area contributed by atoms with Gasteiger partial charge in [0.25, 0.3) is 11.4 Å². The average molecular weight is 502 g/mol. The Kier molecular flexibility index (Phi) is 5.46. The van der Waals surface area contributed by atoms with Crippen LogP contribution in [0.3, 0.4) is 0 Å². The first-order valence-electron chi connectivity index (χ1n) is 11.6. The standard InChI is InChI=1S/C28H18N6O4/c35-33(36)23-13-9-21(10-14-23)31-27(25-7-3-1-5-19(25)17-29-31)28-26-8-4-2-6-20(26)18-30-32(28)22-11-15-24(16-12-22)34(37)38/h1-18H/b28-27+. The molecule has 0 saturated carbocycles. The molecule has 0 unspecified atom stereocenters. The van der Waals surface area contributed by atoms with Gasteiger partial charge in [0, 0.05) is 46.5 Å². The normalized spacial score (nSPS) is 15.7. The number of fused-ring (bicyclic) bond motifs is 2. The Bertz CT molecular complexity index is 1550. The highest BCUT2D eigenvalue weighted by atomic mass is 16.6. The number of anilines is 2. The molecule has 2 aliphatic rings. The average Bonchev–Trinajstić information content (AvgIpc) is 2.96. The minimum absolute atomic E-state index is 0.0236. The molecular weight excluding hydrogens is 484 g/mol. The summed E-state index contributed by atoms with van der Waals surface area (Å²) in [6.45, 7) is 0. The van der Waals surface area contributed by atoms with E-state index in [1.165, 1.54) is 24.3 Å². The van der Waals surface area contributed by atoms with Crippen molar-refractivity contribution in [3.05, 3.63) is 140 Å². The van der Waals surface area contributed by atoms with Crippen LogP contribution in [0.25, 0.3) is 11.4 Å². The second-order valence-electron chi connectivity index (χ2n) is 8.53. The van der Waals surface area contributed by atoms with E-state index < -0.39 is 9.85 Å². The molecule has 0 bridgehead atoms. The molecule has 0 atom stereocenters. The van der Waals surface area contributed by atoms with Crippen molar-refractivity contribution in [3.8, 4) is 0 Å². The summed E-state index contributed by atoms with van der Waals surface area (Å²) in [7, 11) is 0. The lowest BCUT2D eigenvalue weighted by molar-refractivity contribution is -0.385. The number of non-ortho nitro benzene ring substituents is 2. The van der Waals surface area contributed by atoms with Crippen molar-refractivity contribution < 1.29 is 9.85 Å². The van der Waals surface area contributed by atoms with Gasteiger partial charge < -0.3 is 0 Å². The van der Waals surface area contributed by atoms with Crippen molar-refractivity contribution in [2.24, 2.45) is 10.2 Å². The third-order valence-corrected chi connectivity index (χ3v) is 6.31. The van der Waals surface area contributed by atoms with Crippen LogP contribution < -0.4 is 10.0 Å². The fourth-order valence-corrected chi connectivity index (χ4v) is 4.51. The molecule has 10 heteroatoms. The van der Waals surface area contributed by atoms with Crippen LogP contribution in [0.1, 0.15) is 22.3 Å². The van der Waals surface area contributed by atoms with E-state index in [1.807, 2.05) is 48.5 Å². The highest BCUT2D eigenvalue weighted by molar-refractivity contribution is 6.11. The monoisotopic (exact) mass is 502 g/mol. The number of hydrazone groups is 2. The van der Waals surface area contributed by atoms with Crippen LogP contribution in [0.15, 0.2) is 107 Å². The second-order valence-corrected chi connectivity index (χ2v) is 8.53. The van der Waals surface area contributed by atoms with Crippen molar-refractivity contribution in [2.75, 3.05) is 10.0 Å². The molecule has 0 N–H and O–H groups in total. The van der Waals surface area contributed by atoms with Gasteiger partial charge in [-0.05, 0) is 24.3 Å². The lowest BCUT2D eigenvalue weighted by Crippen LogP contribution is -2.28. The first-order chi connectivity index (χ1) is 18.5. The number of benzene rings is 4. The van der Waals surface area contributed by atoms with Gasteiger partial charge in [0.05, 0.1) is 45.0 Å². The van der Waals surface area contributed by atoms with Crippen LogP contribution in [-0.2, 0) is 0 Å². The van der Waals surface area contributed by atoms with Gasteiger partial charge in [-0.1, -0.05) is 48.5 Å². The van der Waals surface area contributed by atoms with Crippen LogP contribution in [0.4, 0.5) is 22.7 Å². The number of hydrogen-bond acceptors (Lipinski definition) is 8. The summed E-state index contributed by atoms with van der Waals surface area (Å²) in [5.74, 6) is 0. The Labute approximate surface area is 216 Å². The number of nitro benzene ring substituents is 2. The summed E-state index contributed by atoms with van der Waals surface area (Å²) >= 11 is 0. The summed E-state index contributed by atoms with van der Waals surface area (Å²) in [5, 5.41) is 35.4. The first-order valence-corrected chi connectivity index (χ1v) is 11.6. The molecule has 6 rings (SSSR count). The van der Waals surface area contributed by atoms with E-state index in [4.69, 9.17) is 10.2 Å². The third-order valence-electron chi connectivity index (χ3n) is 6.31. The van der Waals surface area contributed by atoms with E-state index in [0.29, 0.717) is 22.8 Å². The third kappa shape index (κ3) is 3.86. The van der Waals surface area contributed by atoms with Gasteiger partial charge in [0.2, 0.25) is 0 Å². The number of rotatable bonds is 4. The smallest absolute Gasteiger partial charge is 0.258 e. The molecule has 2 heterocycles. The SMILES string of the molecule is O=[N+]([O-])c1ccc(N2N=Cc3ccccc3/C2=C2/c3ccccc3C=NN2c2ccc([N+](=O)[O-])cc2)cc1. The van der Waals surface area contributed by atoms with Gasteiger partial charge in [0.1, 0.15) is 0 Å². The predicted molar refractivity (Wildman–Crippen MR) is 146 cm³/mol. The zero-order valence-electron chi connectivity index (χ0n) is 19.7. The molecule has 4 aromatic carbocycles. The number of nitrogens with zero attached hydrogens (tertiary/aromatic N) is 6. The van der Waals surface area contributed by atoms with E-state index in [0.717, 1.165) is 22.3 Å². The van der Waals surface area contributed by atoms with Crippen LogP contribution in [0.2, 0.25) is 0 Å². The molecule has 0 aliphatic carbocycles. The highest BCUT2D eigenvalue weighted by Crippen LogP contribution is 2.42. The first kappa shape index (κ1) is 22.8. The fourth-order valence-electron chi connectivity index (χ4n) is 4.51. The predicted octanol–water partition coefficient (Wildman–Crippen LogP) is 6.04. The maximum Gasteiger partial charge on any atom is 0.269 e. The minimum Gasteiger partial charge on any atom is -0.258 e. The Hall–Kier alpha value is -5.64. The summed E-state index contributed by atoms with van der Waals surface area (Å²) in [6.07, 6.45) is 3.49. The van der Waals surface area contributed by atoms with E-state index in [9.17, 15) is 20.2 Å². The Morgan fingerprint density at radius 1 is 0.526 bits per heavy atom. The Morgan fingerprint density at radius 2 is 0.895 bits per heavy atom. The van der Waals surface area contributed by atoms with Gasteiger partial charge in [0.15, 0.2) is 0 Å². The number of hydrogen-bond donors (Lipinski definition) is 0. The van der Waals surface area contributed by atoms with Crippen molar-refractivity contribution >= 4 is 46.6 Å². The van der Waals surface area contributed by atoms with Crippen LogP contribution in [-0.4, -0.2) is 22.3 Å². The van der Waals surface area contributed by atoms with Crippen LogP contribution in [0, 0.1) is 20.2 Å². The summed E-state index contributed by atoms with van der Waals surface area (Å²) < 4.78 is 0. The van der Waals surface area contributed by atoms with Gasteiger partial charge in [-0.2, -0.15) is 10.2 Å². The summed E-state index contributed by atoms with van der Waals surface area (Å²) in [6, 6.07) is 28.0. The zero-order valence-corrected chi connectivity index (χ0v) is 19.7. The lowest BCUT2D eigenvalue weighted by atomic mass is 9.95. The Morgan fingerprint density at radius 3 is 1.26 bits per heavy atom. The molecule has 2 aliphatic heterocycles. The van der Waals surface area contributed by atoms with Gasteiger partial charge in [-0.15, -0.1) is 0 Å². The van der Waals surface area contributed by atoms with Gasteiger partial charge >= 0.3 is 0 Å². The lowest BCUT2D eigenvalue weighted by Gasteiger charge is -2.35. The number of nitro groups is 2. The van der Waals surface area contributed by atoms with Crippen molar-refractivity contribution in [1.82, 2.24) is 0 Å². The van der Waals surface area contributed by atoms with E-state index in [1.54, 1.807) is 46.7 Å². The van der Waals surface area contributed by atoms with Crippen LogP contribution in [0.5, 0.6) is 0 Å². The molecule has 0 saturated heterocycles. The fraction of sp³-hybridized carbons (Fsp3) is 0. The molecule has 0 radical (unpaired) electrons. The van der Waals surface area contributed by atoms with Crippen molar-refractivity contribution in [2.45, 2.75) is 0 Å².